The van der Waals surface area contributed by atoms with Crippen LogP contribution in [-0.4, -0.2) is 61.5 Å². The van der Waals surface area contributed by atoms with Crippen LogP contribution >= 0.6 is 23.2 Å². The predicted octanol–water partition coefficient (Wildman–Crippen LogP) is 2.40. The quantitative estimate of drug-likeness (QED) is 0.708. The molecule has 0 unspecified atom stereocenters. The zero-order valence-corrected chi connectivity index (χ0v) is 17.3. The maximum absolute atomic E-state index is 12.4. The average molecular weight is 423 g/mol. The monoisotopic (exact) mass is 422 g/mol. The van der Waals surface area contributed by atoms with Crippen LogP contribution < -0.4 is 0 Å². The van der Waals surface area contributed by atoms with Gasteiger partial charge in [0.25, 0.3) is 0 Å². The van der Waals surface area contributed by atoms with Crippen molar-refractivity contribution in [2.45, 2.75) is 19.9 Å². The van der Waals surface area contributed by atoms with Gasteiger partial charge in [0.15, 0.2) is 0 Å². The molecular formula is C18H20Cl2N6O2. The fourth-order valence-corrected chi connectivity index (χ4v) is 3.58. The highest BCUT2D eigenvalue weighted by atomic mass is 35.5. The molecule has 28 heavy (non-hydrogen) atoms. The largest absolute Gasteiger partial charge is 0.335 e. The number of aromatic nitrogens is 4. The first-order valence-electron chi connectivity index (χ1n) is 8.69. The number of hydrogen-bond acceptors (Lipinski definition) is 5. The van der Waals surface area contributed by atoms with E-state index in [-0.39, 0.29) is 17.9 Å². The number of hydrogen-bond donors (Lipinski definition) is 0. The summed E-state index contributed by atoms with van der Waals surface area (Å²) in [5, 5.41) is 13.0. The van der Waals surface area contributed by atoms with Gasteiger partial charge in [-0.25, -0.2) is 0 Å². The van der Waals surface area contributed by atoms with E-state index >= 15 is 0 Å². The van der Waals surface area contributed by atoms with Gasteiger partial charge in [-0.15, -0.1) is 10.2 Å². The van der Waals surface area contributed by atoms with Crippen LogP contribution in [0.3, 0.4) is 0 Å². The number of carbonyl (C=O) groups is 2. The van der Waals surface area contributed by atoms with Crippen molar-refractivity contribution in [2.75, 3.05) is 19.6 Å². The van der Waals surface area contributed by atoms with Crippen molar-refractivity contribution < 1.29 is 9.59 Å². The molecule has 0 saturated carbocycles. The summed E-state index contributed by atoms with van der Waals surface area (Å²) >= 11 is 12.2. The van der Waals surface area contributed by atoms with Crippen LogP contribution in [0.4, 0.5) is 0 Å². The van der Waals surface area contributed by atoms with Crippen LogP contribution in [0, 0.1) is 0 Å². The van der Waals surface area contributed by atoms with E-state index in [1.807, 2.05) is 6.07 Å². The molecule has 0 aliphatic carbocycles. The second-order valence-electron chi connectivity index (χ2n) is 6.62. The Hall–Kier alpha value is -2.45. The smallest absolute Gasteiger partial charge is 0.247 e. The second-order valence-corrected chi connectivity index (χ2v) is 7.65. The summed E-state index contributed by atoms with van der Waals surface area (Å²) in [6.07, 6.45) is 1.38. The molecule has 1 aromatic carbocycles. The summed E-state index contributed by atoms with van der Waals surface area (Å²) in [5.74, 6) is 0.184. The molecule has 0 radical (unpaired) electrons. The van der Waals surface area contributed by atoms with Gasteiger partial charge >= 0.3 is 0 Å². The van der Waals surface area contributed by atoms with Crippen LogP contribution in [-0.2, 0) is 16.6 Å². The minimum absolute atomic E-state index is 0.0691. The van der Waals surface area contributed by atoms with Gasteiger partial charge in [0, 0.05) is 48.3 Å². The van der Waals surface area contributed by atoms with Crippen LogP contribution in [0.1, 0.15) is 25.5 Å². The molecule has 2 amide bonds. The number of nitrogens with zero attached hydrogens (tertiary/aromatic N) is 6. The highest BCUT2D eigenvalue weighted by Crippen LogP contribution is 2.31. The van der Waals surface area contributed by atoms with Crippen molar-refractivity contribution in [3.05, 3.63) is 39.9 Å². The lowest BCUT2D eigenvalue weighted by molar-refractivity contribution is -0.139. The third-order valence-corrected chi connectivity index (χ3v) is 4.82. The highest BCUT2D eigenvalue weighted by Gasteiger charge is 2.32. The Morgan fingerprint density at radius 2 is 1.96 bits per heavy atom. The molecule has 1 saturated heterocycles. The summed E-state index contributed by atoms with van der Waals surface area (Å²) in [7, 11) is 1.68. The summed E-state index contributed by atoms with van der Waals surface area (Å²) in [4.78, 5) is 29.4. The van der Waals surface area contributed by atoms with Crippen molar-refractivity contribution in [3.8, 4) is 11.4 Å². The average Bonchev–Trinajstić information content (AvgIpc) is 3.06. The van der Waals surface area contributed by atoms with Crippen LogP contribution in [0.5, 0.6) is 0 Å². The normalized spacial score (nSPS) is 17.8. The fraction of sp³-hybridized carbons (Fsp3) is 0.389. The van der Waals surface area contributed by atoms with Gasteiger partial charge in [0.1, 0.15) is 0 Å². The summed E-state index contributed by atoms with van der Waals surface area (Å²) in [5.41, 5.74) is 1.49. The molecule has 1 atom stereocenters. The van der Waals surface area contributed by atoms with E-state index in [9.17, 15) is 9.59 Å². The van der Waals surface area contributed by atoms with Crippen molar-refractivity contribution in [3.63, 3.8) is 0 Å². The third-order valence-electron chi connectivity index (χ3n) is 4.49. The minimum Gasteiger partial charge on any atom is -0.335 e. The van der Waals surface area contributed by atoms with Gasteiger partial charge in [0.05, 0.1) is 13.1 Å². The second kappa shape index (κ2) is 8.28. The van der Waals surface area contributed by atoms with E-state index in [0.717, 1.165) is 5.56 Å². The van der Waals surface area contributed by atoms with Crippen LogP contribution in [0.15, 0.2) is 29.3 Å². The molecule has 2 aromatic rings. The highest BCUT2D eigenvalue weighted by molar-refractivity contribution is 6.31. The van der Waals surface area contributed by atoms with E-state index < -0.39 is 0 Å². The first-order chi connectivity index (χ1) is 13.2. The molecule has 1 aliphatic heterocycles. The number of piperazine rings is 1. The maximum Gasteiger partial charge on any atom is 0.247 e. The Kier molecular flexibility index (Phi) is 6.00. The van der Waals surface area contributed by atoms with Gasteiger partial charge in [-0.3, -0.25) is 9.59 Å². The SMILES string of the molecule is CC(=O)N1CCN(C(=O)/C=C(/C)Cl)C[C@H]1c1cc(Cl)cc(-c2nnn(C)n2)c1. The lowest BCUT2D eigenvalue weighted by Crippen LogP contribution is -2.51. The zero-order valence-electron chi connectivity index (χ0n) is 15.8. The molecule has 3 rings (SSSR count). The molecule has 1 aliphatic rings. The Morgan fingerprint density at radius 3 is 2.57 bits per heavy atom. The molecule has 0 bridgehead atoms. The van der Waals surface area contributed by atoms with E-state index in [4.69, 9.17) is 23.2 Å². The molecule has 2 heterocycles. The Balaban J connectivity index is 1.97. The molecule has 0 spiro atoms. The van der Waals surface area contributed by atoms with Gasteiger partial charge in [-0.1, -0.05) is 23.2 Å². The van der Waals surface area contributed by atoms with Gasteiger partial charge in [-0.2, -0.15) is 4.80 Å². The van der Waals surface area contributed by atoms with Crippen molar-refractivity contribution in [2.24, 2.45) is 7.05 Å². The molecule has 1 aromatic heterocycles. The summed E-state index contributed by atoms with van der Waals surface area (Å²) < 4.78 is 0. The molecule has 1 fully saturated rings. The Morgan fingerprint density at radius 1 is 1.21 bits per heavy atom. The molecule has 148 valence electrons. The number of tetrazole rings is 1. The van der Waals surface area contributed by atoms with Gasteiger partial charge in [0.2, 0.25) is 17.6 Å². The van der Waals surface area contributed by atoms with Gasteiger partial charge in [-0.05, 0) is 35.9 Å². The number of amides is 2. The zero-order chi connectivity index (χ0) is 20.4. The van der Waals surface area contributed by atoms with E-state index in [0.29, 0.717) is 41.1 Å². The molecule has 10 heteroatoms. The topological polar surface area (TPSA) is 84.2 Å². The Bertz CT molecular complexity index is 938. The Labute approximate surface area is 172 Å². The number of aryl methyl sites for hydroxylation is 1. The molecular weight excluding hydrogens is 403 g/mol. The van der Waals surface area contributed by atoms with Gasteiger partial charge < -0.3 is 9.80 Å². The lowest BCUT2D eigenvalue weighted by atomic mass is 9.99. The van der Waals surface area contributed by atoms with Crippen molar-refractivity contribution in [1.82, 2.24) is 30.0 Å². The number of allylic oxidation sites excluding steroid dienone is 1. The summed E-state index contributed by atoms with van der Waals surface area (Å²) in [6.45, 7) is 4.37. The first kappa shape index (κ1) is 20.3. The number of carbonyl (C=O) groups excluding carboxylic acids is 2. The lowest BCUT2D eigenvalue weighted by Gasteiger charge is -2.41. The van der Waals surface area contributed by atoms with Crippen LogP contribution in [0.2, 0.25) is 5.02 Å². The first-order valence-corrected chi connectivity index (χ1v) is 9.45. The fourth-order valence-electron chi connectivity index (χ4n) is 3.24. The maximum atomic E-state index is 12.4. The molecule has 0 N–H and O–H groups in total. The standard InChI is InChI=1S/C18H20Cl2N6O2/c1-11(19)6-17(28)25-4-5-26(12(2)27)16(10-25)13-7-14(9-15(20)8-13)18-21-23-24(3)22-18/h6-9,16H,4-5,10H2,1-3H3/b11-6-/t16-/m0/s1. The van der Waals surface area contributed by atoms with Crippen LogP contribution in [0.25, 0.3) is 11.4 Å². The number of rotatable bonds is 3. The third kappa shape index (κ3) is 4.51. The number of halogens is 2. The number of benzene rings is 1. The minimum atomic E-state index is -0.339. The van der Waals surface area contributed by atoms with E-state index in [1.54, 1.807) is 35.9 Å². The van der Waals surface area contributed by atoms with E-state index in [2.05, 4.69) is 15.4 Å². The van der Waals surface area contributed by atoms with Crippen molar-refractivity contribution >= 4 is 35.0 Å². The van der Waals surface area contributed by atoms with E-state index in [1.165, 1.54) is 17.8 Å². The summed E-state index contributed by atoms with van der Waals surface area (Å²) in [6, 6.07) is 5.07. The van der Waals surface area contributed by atoms with Crippen molar-refractivity contribution in [1.29, 1.82) is 0 Å². The predicted molar refractivity (Wildman–Crippen MR) is 106 cm³/mol. The molecule has 8 nitrogen and oxygen atoms in total.